The van der Waals surface area contributed by atoms with Gasteiger partial charge < -0.3 is 4.74 Å². The van der Waals surface area contributed by atoms with Crippen molar-refractivity contribution in [2.24, 2.45) is 0 Å². The second kappa shape index (κ2) is 8.00. The summed E-state index contributed by atoms with van der Waals surface area (Å²) in [6.07, 6.45) is -4.60. The van der Waals surface area contributed by atoms with Gasteiger partial charge in [0.05, 0.1) is 16.3 Å². The molecule has 0 amide bonds. The Hall–Kier alpha value is -2.87. The fourth-order valence-electron chi connectivity index (χ4n) is 3.21. The van der Waals surface area contributed by atoms with Crippen molar-refractivity contribution in [1.29, 1.82) is 0 Å². The highest BCUT2D eigenvalue weighted by atomic mass is 79.9. The Morgan fingerprint density at radius 3 is 2.16 bits per heavy atom. The van der Waals surface area contributed by atoms with Gasteiger partial charge in [-0.25, -0.2) is 9.50 Å². The third kappa shape index (κ3) is 4.30. The molecular formula is C23H19BrF3N3O. The van der Waals surface area contributed by atoms with Crippen LogP contribution in [0.25, 0.3) is 28.2 Å². The van der Waals surface area contributed by atoms with Crippen LogP contribution in [0.4, 0.5) is 13.2 Å². The van der Waals surface area contributed by atoms with E-state index in [4.69, 9.17) is 4.74 Å². The Labute approximate surface area is 185 Å². The normalized spacial score (nSPS) is 12.0. The van der Waals surface area contributed by atoms with Gasteiger partial charge in [0.15, 0.2) is 11.3 Å². The van der Waals surface area contributed by atoms with Crippen molar-refractivity contribution in [3.63, 3.8) is 0 Å². The summed E-state index contributed by atoms with van der Waals surface area (Å²) in [6, 6.07) is 15.3. The average Bonchev–Trinajstić information content (AvgIpc) is 3.04. The molecule has 4 aromatic rings. The third-order valence-electron chi connectivity index (χ3n) is 4.67. The molecule has 2 aromatic heterocycles. The van der Waals surface area contributed by atoms with Crippen molar-refractivity contribution < 1.29 is 17.9 Å². The monoisotopic (exact) mass is 489 g/mol. The lowest BCUT2D eigenvalue weighted by Gasteiger charge is -2.12. The SMILES string of the molecule is Cc1ccc(-c2nn3c(C(F)(F)F)cc(-c4ccc(OC(C)C)cc4)nc3c2Br)cc1. The van der Waals surface area contributed by atoms with Crippen LogP contribution in [0, 0.1) is 6.92 Å². The first-order valence-electron chi connectivity index (χ1n) is 9.64. The summed E-state index contributed by atoms with van der Waals surface area (Å²) in [4.78, 5) is 4.49. The van der Waals surface area contributed by atoms with Gasteiger partial charge in [-0.15, -0.1) is 0 Å². The lowest BCUT2D eigenvalue weighted by molar-refractivity contribution is -0.142. The predicted octanol–water partition coefficient (Wildman–Crippen LogP) is 6.94. The van der Waals surface area contributed by atoms with E-state index in [0.29, 0.717) is 27.0 Å². The predicted molar refractivity (Wildman–Crippen MR) is 117 cm³/mol. The van der Waals surface area contributed by atoms with Gasteiger partial charge in [-0.3, -0.25) is 0 Å². The van der Waals surface area contributed by atoms with Crippen LogP contribution in [0.5, 0.6) is 5.75 Å². The number of hydrogen-bond donors (Lipinski definition) is 0. The number of hydrogen-bond acceptors (Lipinski definition) is 3. The van der Waals surface area contributed by atoms with Crippen LogP contribution in [0.2, 0.25) is 0 Å². The maximum atomic E-state index is 13.9. The molecule has 0 aliphatic heterocycles. The van der Waals surface area contributed by atoms with Gasteiger partial charge in [0.2, 0.25) is 0 Å². The molecule has 0 saturated heterocycles. The molecular weight excluding hydrogens is 471 g/mol. The average molecular weight is 490 g/mol. The lowest BCUT2D eigenvalue weighted by atomic mass is 10.1. The minimum absolute atomic E-state index is 0.0000933. The van der Waals surface area contributed by atoms with E-state index < -0.39 is 11.9 Å². The summed E-state index contributed by atoms with van der Waals surface area (Å²) >= 11 is 3.42. The summed E-state index contributed by atoms with van der Waals surface area (Å²) in [5.74, 6) is 0.642. The van der Waals surface area contributed by atoms with E-state index in [1.54, 1.807) is 24.3 Å². The van der Waals surface area contributed by atoms with Gasteiger partial charge in [0.25, 0.3) is 0 Å². The number of halogens is 4. The van der Waals surface area contributed by atoms with E-state index in [9.17, 15) is 13.2 Å². The first-order chi connectivity index (χ1) is 14.6. The highest BCUT2D eigenvalue weighted by Crippen LogP contribution is 2.37. The third-order valence-corrected chi connectivity index (χ3v) is 5.40. The van der Waals surface area contributed by atoms with E-state index in [1.165, 1.54) is 0 Å². The molecule has 2 heterocycles. The fourth-order valence-corrected chi connectivity index (χ4v) is 3.78. The van der Waals surface area contributed by atoms with E-state index in [-0.39, 0.29) is 17.4 Å². The molecule has 0 bridgehead atoms. The van der Waals surface area contributed by atoms with Crippen molar-refractivity contribution in [1.82, 2.24) is 14.6 Å². The molecule has 0 spiro atoms. The molecule has 2 aromatic carbocycles. The smallest absolute Gasteiger partial charge is 0.433 e. The molecule has 0 N–H and O–H groups in total. The maximum absolute atomic E-state index is 13.9. The number of fused-ring (bicyclic) bond motifs is 1. The molecule has 0 saturated carbocycles. The maximum Gasteiger partial charge on any atom is 0.433 e. The van der Waals surface area contributed by atoms with Gasteiger partial charge in [-0.2, -0.15) is 18.3 Å². The van der Waals surface area contributed by atoms with E-state index in [1.807, 2.05) is 45.0 Å². The zero-order chi connectivity index (χ0) is 22.3. The Morgan fingerprint density at radius 2 is 1.58 bits per heavy atom. The van der Waals surface area contributed by atoms with E-state index in [2.05, 4.69) is 26.0 Å². The van der Waals surface area contributed by atoms with Crippen LogP contribution in [0.3, 0.4) is 0 Å². The first kappa shape index (κ1) is 21.4. The number of benzene rings is 2. The molecule has 160 valence electrons. The molecule has 0 aliphatic carbocycles. The van der Waals surface area contributed by atoms with Crippen molar-refractivity contribution >= 4 is 21.6 Å². The summed E-state index contributed by atoms with van der Waals surface area (Å²) in [7, 11) is 0. The van der Waals surface area contributed by atoms with Crippen LogP contribution in [-0.2, 0) is 6.18 Å². The molecule has 8 heteroatoms. The van der Waals surface area contributed by atoms with Crippen molar-refractivity contribution in [2.75, 3.05) is 0 Å². The zero-order valence-corrected chi connectivity index (χ0v) is 18.6. The standard InChI is InChI=1S/C23H19BrF3N3O/c1-13(2)31-17-10-8-15(9-11-17)18-12-19(23(25,26)27)30-22(28-18)20(24)21(29-30)16-6-4-14(3)5-7-16/h4-13H,1-3H3. The quantitative estimate of drug-likeness (QED) is 0.311. The number of nitrogens with zero attached hydrogens (tertiary/aromatic N) is 3. The summed E-state index contributed by atoms with van der Waals surface area (Å²) in [6.45, 7) is 5.75. The fraction of sp³-hybridized carbons (Fsp3) is 0.217. The second-order valence-electron chi connectivity index (χ2n) is 7.48. The second-order valence-corrected chi connectivity index (χ2v) is 8.27. The Kier molecular flexibility index (Phi) is 5.51. The Balaban J connectivity index is 1.88. The summed E-state index contributed by atoms with van der Waals surface area (Å²) in [5, 5.41) is 4.23. The summed E-state index contributed by atoms with van der Waals surface area (Å²) < 4.78 is 48.5. The lowest BCUT2D eigenvalue weighted by Crippen LogP contribution is -2.13. The first-order valence-corrected chi connectivity index (χ1v) is 10.4. The minimum Gasteiger partial charge on any atom is -0.491 e. The molecule has 0 atom stereocenters. The van der Waals surface area contributed by atoms with E-state index in [0.717, 1.165) is 16.1 Å². The Bertz CT molecular complexity index is 1230. The largest absolute Gasteiger partial charge is 0.491 e. The molecule has 0 aliphatic rings. The number of alkyl halides is 3. The van der Waals surface area contributed by atoms with E-state index >= 15 is 0 Å². The van der Waals surface area contributed by atoms with Crippen LogP contribution in [-0.4, -0.2) is 20.7 Å². The van der Waals surface area contributed by atoms with Gasteiger partial charge in [-0.1, -0.05) is 29.8 Å². The highest BCUT2D eigenvalue weighted by Gasteiger charge is 2.36. The molecule has 0 unspecified atom stereocenters. The minimum atomic E-state index is -4.60. The molecule has 31 heavy (non-hydrogen) atoms. The molecule has 4 nitrogen and oxygen atoms in total. The van der Waals surface area contributed by atoms with Gasteiger partial charge in [0.1, 0.15) is 11.4 Å². The zero-order valence-electron chi connectivity index (χ0n) is 17.0. The van der Waals surface area contributed by atoms with Crippen molar-refractivity contribution in [3.8, 4) is 28.3 Å². The van der Waals surface area contributed by atoms with Crippen molar-refractivity contribution in [2.45, 2.75) is 33.1 Å². The molecule has 0 fully saturated rings. The van der Waals surface area contributed by atoms with Crippen molar-refractivity contribution in [3.05, 3.63) is 70.3 Å². The number of ether oxygens (including phenoxy) is 1. The van der Waals surface area contributed by atoms with Crippen LogP contribution >= 0.6 is 15.9 Å². The topological polar surface area (TPSA) is 39.4 Å². The van der Waals surface area contributed by atoms with Gasteiger partial charge in [-0.05, 0) is 67.0 Å². The van der Waals surface area contributed by atoms with Gasteiger partial charge in [0, 0.05) is 11.1 Å². The molecule has 0 radical (unpaired) electrons. The number of rotatable bonds is 4. The highest BCUT2D eigenvalue weighted by molar-refractivity contribution is 9.10. The van der Waals surface area contributed by atoms with Gasteiger partial charge >= 0.3 is 6.18 Å². The number of aromatic nitrogens is 3. The molecule has 4 rings (SSSR count). The number of aryl methyl sites for hydroxylation is 1. The van der Waals surface area contributed by atoms with Crippen LogP contribution in [0.1, 0.15) is 25.1 Å². The van der Waals surface area contributed by atoms with Crippen LogP contribution < -0.4 is 4.74 Å². The van der Waals surface area contributed by atoms with Crippen LogP contribution in [0.15, 0.2) is 59.1 Å². The Morgan fingerprint density at radius 1 is 0.968 bits per heavy atom. The summed E-state index contributed by atoms with van der Waals surface area (Å²) in [5.41, 5.74) is 2.10.